The van der Waals surface area contributed by atoms with Crippen LogP contribution in [0.2, 0.25) is 0 Å². The van der Waals surface area contributed by atoms with Crippen LogP contribution in [0.1, 0.15) is 20.3 Å². The Bertz CT molecular complexity index is 498. The van der Waals surface area contributed by atoms with Gasteiger partial charge in [0, 0.05) is 26.4 Å². The number of rotatable bonds is 9. The molecule has 0 aromatic heterocycles. The molecule has 0 saturated heterocycles. The normalized spacial score (nSPS) is 10.5. The van der Waals surface area contributed by atoms with E-state index in [0.717, 1.165) is 0 Å². The zero-order valence-corrected chi connectivity index (χ0v) is 14.3. The first kappa shape index (κ1) is 19.0. The van der Waals surface area contributed by atoms with E-state index in [2.05, 4.69) is 19.2 Å². The number of anilines is 1. The number of ether oxygens (including phenoxy) is 2. The molecule has 0 bridgehead atoms. The zero-order valence-electron chi connectivity index (χ0n) is 14.3. The number of benzene rings is 1. The van der Waals surface area contributed by atoms with Crippen LogP contribution in [0, 0.1) is 5.92 Å². The number of likely N-dealkylation sites (N-methyl/N-ethyl adjacent to an activating group) is 1. The smallest absolute Gasteiger partial charge is 0.259 e. The fourth-order valence-corrected chi connectivity index (χ4v) is 1.62. The Kier molecular flexibility index (Phi) is 8.11. The van der Waals surface area contributed by atoms with Gasteiger partial charge in [0.15, 0.2) is 6.61 Å². The number of nitrogens with zero attached hydrogens (tertiary/aromatic N) is 1. The second-order valence-electron chi connectivity index (χ2n) is 5.87. The van der Waals surface area contributed by atoms with Gasteiger partial charge in [0.1, 0.15) is 5.75 Å². The molecule has 0 unspecified atom stereocenters. The molecule has 0 aliphatic rings. The minimum Gasteiger partial charge on any atom is -0.484 e. The first-order chi connectivity index (χ1) is 10.9. The van der Waals surface area contributed by atoms with Gasteiger partial charge in [0.05, 0.1) is 13.0 Å². The average molecular weight is 322 g/mol. The molecule has 0 spiro atoms. The molecule has 1 rings (SSSR count). The zero-order chi connectivity index (χ0) is 17.2. The molecule has 0 radical (unpaired) electrons. The lowest BCUT2D eigenvalue weighted by Crippen LogP contribution is -2.27. The third-order valence-electron chi connectivity index (χ3n) is 2.92. The van der Waals surface area contributed by atoms with Crippen molar-refractivity contribution >= 4 is 17.5 Å². The summed E-state index contributed by atoms with van der Waals surface area (Å²) in [5, 5.41) is 2.79. The lowest BCUT2D eigenvalue weighted by atomic mass is 10.2. The Labute approximate surface area is 137 Å². The van der Waals surface area contributed by atoms with Crippen molar-refractivity contribution in [3.63, 3.8) is 0 Å². The molecule has 1 aromatic carbocycles. The van der Waals surface area contributed by atoms with Crippen molar-refractivity contribution in [2.45, 2.75) is 20.3 Å². The van der Waals surface area contributed by atoms with Gasteiger partial charge >= 0.3 is 0 Å². The van der Waals surface area contributed by atoms with Crippen LogP contribution in [0.15, 0.2) is 24.3 Å². The van der Waals surface area contributed by atoms with Gasteiger partial charge in [-0.15, -0.1) is 0 Å². The lowest BCUT2D eigenvalue weighted by molar-refractivity contribution is -0.130. The number of amides is 2. The van der Waals surface area contributed by atoms with Crippen molar-refractivity contribution in [1.29, 1.82) is 0 Å². The van der Waals surface area contributed by atoms with E-state index < -0.39 is 0 Å². The van der Waals surface area contributed by atoms with Gasteiger partial charge in [-0.1, -0.05) is 13.8 Å². The van der Waals surface area contributed by atoms with Crippen LogP contribution in [0.3, 0.4) is 0 Å². The molecule has 1 aromatic rings. The molecule has 1 N–H and O–H groups in total. The van der Waals surface area contributed by atoms with Crippen molar-refractivity contribution < 1.29 is 19.1 Å². The molecule has 0 atom stereocenters. The largest absolute Gasteiger partial charge is 0.484 e. The lowest BCUT2D eigenvalue weighted by Gasteiger charge is -2.12. The van der Waals surface area contributed by atoms with Gasteiger partial charge in [-0.2, -0.15) is 0 Å². The summed E-state index contributed by atoms with van der Waals surface area (Å²) < 4.78 is 10.7. The molecular weight excluding hydrogens is 296 g/mol. The highest BCUT2D eigenvalue weighted by Gasteiger charge is 2.06. The van der Waals surface area contributed by atoms with Crippen LogP contribution >= 0.6 is 0 Å². The molecule has 2 amide bonds. The van der Waals surface area contributed by atoms with E-state index in [1.165, 1.54) is 4.90 Å². The number of carbonyl (C=O) groups is 2. The minimum absolute atomic E-state index is 0.00804. The van der Waals surface area contributed by atoms with Gasteiger partial charge in [-0.3, -0.25) is 9.59 Å². The second-order valence-corrected chi connectivity index (χ2v) is 5.87. The fraction of sp³-hybridized carbons (Fsp3) is 0.529. The SMILES string of the molecule is CC(C)COCCC(=O)Nc1ccc(OCC(=O)N(C)C)cc1. The maximum atomic E-state index is 11.8. The van der Waals surface area contributed by atoms with E-state index in [0.29, 0.717) is 37.0 Å². The van der Waals surface area contributed by atoms with Gasteiger partial charge in [-0.25, -0.2) is 0 Å². The molecule has 0 aliphatic heterocycles. The minimum atomic E-state index is -0.108. The van der Waals surface area contributed by atoms with E-state index in [9.17, 15) is 9.59 Å². The summed E-state index contributed by atoms with van der Waals surface area (Å²) in [5.41, 5.74) is 0.685. The Morgan fingerprint density at radius 1 is 1.17 bits per heavy atom. The van der Waals surface area contributed by atoms with E-state index in [1.54, 1.807) is 38.4 Å². The molecule has 0 saturated carbocycles. The van der Waals surface area contributed by atoms with Crippen molar-refractivity contribution in [2.24, 2.45) is 5.92 Å². The Balaban J connectivity index is 2.33. The van der Waals surface area contributed by atoms with Gasteiger partial charge in [0.25, 0.3) is 5.91 Å². The van der Waals surface area contributed by atoms with Crippen molar-refractivity contribution in [2.75, 3.05) is 39.2 Å². The third kappa shape index (κ3) is 8.21. The monoisotopic (exact) mass is 322 g/mol. The average Bonchev–Trinajstić information content (AvgIpc) is 2.50. The summed E-state index contributed by atoms with van der Waals surface area (Å²) in [7, 11) is 3.35. The quantitative estimate of drug-likeness (QED) is 0.707. The predicted molar refractivity (Wildman–Crippen MR) is 89.5 cm³/mol. The summed E-state index contributed by atoms with van der Waals surface area (Å²) in [6, 6.07) is 6.91. The van der Waals surface area contributed by atoms with Crippen molar-refractivity contribution in [3.05, 3.63) is 24.3 Å². The van der Waals surface area contributed by atoms with E-state index in [1.807, 2.05) is 0 Å². The molecule has 6 heteroatoms. The summed E-state index contributed by atoms with van der Waals surface area (Å²) in [6.07, 6.45) is 0.322. The topological polar surface area (TPSA) is 67.9 Å². The van der Waals surface area contributed by atoms with E-state index in [-0.39, 0.29) is 18.4 Å². The van der Waals surface area contributed by atoms with Crippen LogP contribution in [-0.2, 0) is 14.3 Å². The van der Waals surface area contributed by atoms with Gasteiger partial charge in [-0.05, 0) is 30.2 Å². The van der Waals surface area contributed by atoms with E-state index in [4.69, 9.17) is 9.47 Å². The second kappa shape index (κ2) is 9.84. The fourth-order valence-electron chi connectivity index (χ4n) is 1.62. The summed E-state index contributed by atoms with van der Waals surface area (Å²) in [6.45, 7) is 5.19. The van der Waals surface area contributed by atoms with E-state index >= 15 is 0 Å². The summed E-state index contributed by atoms with van der Waals surface area (Å²) in [5.74, 6) is 0.845. The van der Waals surface area contributed by atoms with Crippen LogP contribution in [0.4, 0.5) is 5.69 Å². The highest BCUT2D eigenvalue weighted by Crippen LogP contribution is 2.16. The Morgan fingerprint density at radius 3 is 2.39 bits per heavy atom. The summed E-state index contributed by atoms with van der Waals surface area (Å²) >= 11 is 0. The third-order valence-corrected chi connectivity index (χ3v) is 2.92. The highest BCUT2D eigenvalue weighted by molar-refractivity contribution is 5.90. The van der Waals surface area contributed by atoms with Gasteiger partial charge in [0.2, 0.25) is 5.91 Å². The maximum Gasteiger partial charge on any atom is 0.259 e. The van der Waals surface area contributed by atoms with Crippen molar-refractivity contribution in [1.82, 2.24) is 4.90 Å². The van der Waals surface area contributed by atoms with Crippen LogP contribution in [0.5, 0.6) is 5.75 Å². The molecule has 0 fully saturated rings. The first-order valence-corrected chi connectivity index (χ1v) is 7.69. The molecule has 0 heterocycles. The molecule has 0 aliphatic carbocycles. The Morgan fingerprint density at radius 2 is 1.83 bits per heavy atom. The van der Waals surface area contributed by atoms with Crippen LogP contribution in [-0.4, -0.2) is 50.6 Å². The number of carbonyl (C=O) groups excluding carboxylic acids is 2. The standard InChI is InChI=1S/C17H26N2O4/c1-13(2)11-22-10-9-16(20)18-14-5-7-15(8-6-14)23-12-17(21)19(3)4/h5-8,13H,9-12H2,1-4H3,(H,18,20). The molecule has 23 heavy (non-hydrogen) atoms. The first-order valence-electron chi connectivity index (χ1n) is 7.69. The molecular formula is C17H26N2O4. The molecule has 6 nitrogen and oxygen atoms in total. The van der Waals surface area contributed by atoms with Crippen molar-refractivity contribution in [3.8, 4) is 5.75 Å². The van der Waals surface area contributed by atoms with Crippen LogP contribution < -0.4 is 10.1 Å². The number of hydrogen-bond acceptors (Lipinski definition) is 4. The predicted octanol–water partition coefficient (Wildman–Crippen LogP) is 2.15. The number of nitrogens with one attached hydrogen (secondary N) is 1. The summed E-state index contributed by atoms with van der Waals surface area (Å²) in [4.78, 5) is 24.7. The highest BCUT2D eigenvalue weighted by atomic mass is 16.5. The molecule has 128 valence electrons. The maximum absolute atomic E-state index is 11.8. The Hall–Kier alpha value is -2.08. The van der Waals surface area contributed by atoms with Gasteiger partial charge < -0.3 is 19.7 Å². The van der Waals surface area contributed by atoms with Crippen LogP contribution in [0.25, 0.3) is 0 Å². The number of hydrogen-bond donors (Lipinski definition) is 1.